The number of aromatic nitrogens is 2. The molecule has 7 nitrogen and oxygen atoms in total. The van der Waals surface area contributed by atoms with Gasteiger partial charge in [-0.3, -0.25) is 9.69 Å². The number of hydrogen-bond acceptors (Lipinski definition) is 6. The fraction of sp³-hybridized carbons (Fsp3) is 0.238. The lowest BCUT2D eigenvalue weighted by Crippen LogP contribution is -2.42. The van der Waals surface area contributed by atoms with Gasteiger partial charge in [0.15, 0.2) is 5.76 Å². The average Bonchev–Trinajstić information content (AvgIpc) is 3.26. The molecule has 2 aromatic heterocycles. The highest BCUT2D eigenvalue weighted by Crippen LogP contribution is 2.40. The number of nitrogens with zero attached hydrogens (tertiary/aromatic N) is 2. The van der Waals surface area contributed by atoms with Gasteiger partial charge in [0, 0.05) is 49.9 Å². The highest BCUT2D eigenvalue weighted by Gasteiger charge is 2.32. The van der Waals surface area contributed by atoms with Crippen molar-refractivity contribution in [1.82, 2.24) is 20.2 Å². The Morgan fingerprint density at radius 2 is 2.07 bits per heavy atom. The number of pyridine rings is 1. The number of hydrogen-bond donors (Lipinski definition) is 3. The van der Waals surface area contributed by atoms with E-state index < -0.39 is 0 Å². The topological polar surface area (TPSA) is 90.5 Å². The van der Waals surface area contributed by atoms with Gasteiger partial charge in [0.1, 0.15) is 21.7 Å². The fourth-order valence-corrected chi connectivity index (χ4v) is 4.11. The number of piperazine rings is 1. The molecule has 29 heavy (non-hydrogen) atoms. The second-order valence-electron chi connectivity index (χ2n) is 7.18. The SMILES string of the molecule is O=C1C(=Cc2c[nH]c3nc(Br)ccc23)Oc2c1ccc(O)c2CN1CCNCC1. The summed E-state index contributed by atoms with van der Waals surface area (Å²) in [7, 11) is 0. The number of benzene rings is 1. The number of phenols is 1. The molecule has 0 radical (unpaired) electrons. The molecular weight excluding hydrogens is 436 g/mol. The third-order valence-electron chi connectivity index (χ3n) is 5.33. The Morgan fingerprint density at radius 3 is 2.90 bits per heavy atom. The molecule has 1 aromatic carbocycles. The molecule has 2 aliphatic rings. The monoisotopic (exact) mass is 454 g/mol. The third-order valence-corrected chi connectivity index (χ3v) is 5.77. The summed E-state index contributed by atoms with van der Waals surface area (Å²) in [6, 6.07) is 6.99. The lowest BCUT2D eigenvalue weighted by Gasteiger charge is -2.27. The zero-order chi connectivity index (χ0) is 20.0. The molecule has 4 heterocycles. The molecule has 3 aromatic rings. The summed E-state index contributed by atoms with van der Waals surface area (Å²) < 4.78 is 6.72. The Labute approximate surface area is 175 Å². The van der Waals surface area contributed by atoms with Crippen LogP contribution in [0.3, 0.4) is 0 Å². The Morgan fingerprint density at radius 1 is 1.24 bits per heavy atom. The van der Waals surface area contributed by atoms with Crippen LogP contribution in [0, 0.1) is 0 Å². The summed E-state index contributed by atoms with van der Waals surface area (Å²) >= 11 is 3.36. The van der Waals surface area contributed by atoms with Gasteiger partial charge in [0.05, 0.1) is 11.1 Å². The molecule has 3 N–H and O–H groups in total. The van der Waals surface area contributed by atoms with Crippen LogP contribution in [0.15, 0.2) is 40.8 Å². The van der Waals surface area contributed by atoms with Crippen LogP contribution in [0.5, 0.6) is 11.5 Å². The van der Waals surface area contributed by atoms with Gasteiger partial charge in [0.2, 0.25) is 5.78 Å². The number of rotatable bonds is 3. The number of ether oxygens (including phenoxy) is 1. The van der Waals surface area contributed by atoms with E-state index in [2.05, 4.69) is 36.1 Å². The van der Waals surface area contributed by atoms with Crippen LogP contribution >= 0.6 is 15.9 Å². The van der Waals surface area contributed by atoms with Crippen LogP contribution in [0.1, 0.15) is 21.5 Å². The molecule has 5 rings (SSSR count). The van der Waals surface area contributed by atoms with Crippen molar-refractivity contribution in [3.8, 4) is 11.5 Å². The lowest BCUT2D eigenvalue weighted by atomic mass is 10.0. The van der Waals surface area contributed by atoms with Crippen molar-refractivity contribution in [2.75, 3.05) is 26.2 Å². The van der Waals surface area contributed by atoms with E-state index in [0.717, 1.165) is 47.4 Å². The van der Waals surface area contributed by atoms with Gasteiger partial charge in [-0.25, -0.2) is 4.98 Å². The largest absolute Gasteiger partial charge is 0.507 e. The molecule has 0 amide bonds. The molecule has 0 bridgehead atoms. The maximum atomic E-state index is 12.9. The van der Waals surface area contributed by atoms with Gasteiger partial charge in [-0.15, -0.1) is 0 Å². The van der Waals surface area contributed by atoms with Crippen LogP contribution in [0.4, 0.5) is 0 Å². The number of carbonyl (C=O) groups is 1. The zero-order valence-electron chi connectivity index (χ0n) is 15.5. The smallest absolute Gasteiger partial charge is 0.231 e. The number of halogens is 1. The fourth-order valence-electron chi connectivity index (χ4n) is 3.81. The second-order valence-corrected chi connectivity index (χ2v) is 7.99. The number of carbonyl (C=O) groups excluding carboxylic acids is 1. The molecule has 8 heteroatoms. The van der Waals surface area contributed by atoms with Gasteiger partial charge < -0.3 is 20.1 Å². The van der Waals surface area contributed by atoms with Gasteiger partial charge in [-0.2, -0.15) is 0 Å². The van der Waals surface area contributed by atoms with Crippen LogP contribution < -0.4 is 10.1 Å². The Kier molecular flexibility index (Phi) is 4.61. The van der Waals surface area contributed by atoms with Crippen molar-refractivity contribution >= 4 is 38.8 Å². The first kappa shape index (κ1) is 18.4. The van der Waals surface area contributed by atoms with Gasteiger partial charge in [0.25, 0.3) is 0 Å². The van der Waals surface area contributed by atoms with E-state index >= 15 is 0 Å². The number of allylic oxidation sites excluding steroid dienone is 1. The van der Waals surface area contributed by atoms with Crippen molar-refractivity contribution in [2.24, 2.45) is 0 Å². The molecule has 0 aliphatic carbocycles. The highest BCUT2D eigenvalue weighted by atomic mass is 79.9. The van der Waals surface area contributed by atoms with E-state index in [1.54, 1.807) is 24.4 Å². The first-order valence-corrected chi connectivity index (χ1v) is 10.3. The normalized spacial score (nSPS) is 18.4. The van der Waals surface area contributed by atoms with Gasteiger partial charge >= 0.3 is 0 Å². The van der Waals surface area contributed by atoms with Crippen LogP contribution in [-0.2, 0) is 6.54 Å². The van der Waals surface area contributed by atoms with Crippen molar-refractivity contribution in [3.05, 3.63) is 57.5 Å². The highest BCUT2D eigenvalue weighted by molar-refractivity contribution is 9.10. The number of aromatic hydroxyl groups is 1. The second kappa shape index (κ2) is 7.29. The van der Waals surface area contributed by atoms with E-state index in [1.165, 1.54) is 0 Å². The molecule has 0 spiro atoms. The summed E-state index contributed by atoms with van der Waals surface area (Å²) in [5, 5.41) is 14.6. The van der Waals surface area contributed by atoms with Crippen molar-refractivity contribution in [1.29, 1.82) is 0 Å². The van der Waals surface area contributed by atoms with Crippen LogP contribution in [-0.4, -0.2) is 51.9 Å². The maximum absolute atomic E-state index is 12.9. The summed E-state index contributed by atoms with van der Waals surface area (Å²) in [5.74, 6) is 0.676. The summed E-state index contributed by atoms with van der Waals surface area (Å²) in [6.45, 7) is 4.13. The van der Waals surface area contributed by atoms with E-state index in [4.69, 9.17) is 4.74 Å². The standard InChI is InChI=1S/C21H19BrN4O3/c22-18-4-2-13-12(10-24-21(13)25-18)9-17-19(28)14-1-3-16(27)15(20(14)29-17)11-26-7-5-23-6-8-26/h1-4,9-10,23,27H,5-8,11H2,(H,24,25). The molecule has 1 saturated heterocycles. The number of phenolic OH excluding ortho intramolecular Hbond substituents is 1. The first-order valence-electron chi connectivity index (χ1n) is 9.46. The molecule has 2 aliphatic heterocycles. The minimum atomic E-state index is -0.180. The number of nitrogens with one attached hydrogen (secondary N) is 2. The van der Waals surface area contributed by atoms with Gasteiger partial charge in [-0.1, -0.05) is 0 Å². The third kappa shape index (κ3) is 3.33. The number of ketones is 1. The molecule has 0 saturated carbocycles. The molecule has 148 valence electrons. The number of fused-ring (bicyclic) bond motifs is 2. The van der Waals surface area contributed by atoms with Crippen molar-refractivity contribution in [3.63, 3.8) is 0 Å². The Balaban J connectivity index is 1.50. The predicted octanol–water partition coefficient (Wildman–Crippen LogP) is 3.05. The van der Waals surface area contributed by atoms with E-state index in [-0.39, 0.29) is 17.3 Å². The summed E-state index contributed by atoms with van der Waals surface area (Å²) in [5.41, 5.74) is 2.70. The molecule has 1 fully saturated rings. The minimum absolute atomic E-state index is 0.150. The Hall–Kier alpha value is -2.68. The van der Waals surface area contributed by atoms with Crippen molar-refractivity contribution in [2.45, 2.75) is 6.54 Å². The summed E-state index contributed by atoms with van der Waals surface area (Å²) in [4.78, 5) is 22.7. The zero-order valence-corrected chi connectivity index (χ0v) is 17.1. The Bertz CT molecular complexity index is 1150. The minimum Gasteiger partial charge on any atom is -0.507 e. The lowest BCUT2D eigenvalue weighted by molar-refractivity contribution is 0.101. The van der Waals surface area contributed by atoms with Crippen LogP contribution in [0.25, 0.3) is 17.1 Å². The quantitative estimate of drug-likeness (QED) is 0.416. The van der Waals surface area contributed by atoms with E-state index in [0.29, 0.717) is 23.4 Å². The molecular formula is C21H19BrN4O3. The maximum Gasteiger partial charge on any atom is 0.231 e. The van der Waals surface area contributed by atoms with E-state index in [1.807, 2.05) is 12.1 Å². The predicted molar refractivity (Wildman–Crippen MR) is 113 cm³/mol. The number of H-pyrrole nitrogens is 1. The van der Waals surface area contributed by atoms with Gasteiger partial charge in [-0.05, 0) is 46.3 Å². The van der Waals surface area contributed by atoms with E-state index in [9.17, 15) is 9.90 Å². The summed E-state index contributed by atoms with van der Waals surface area (Å²) in [6.07, 6.45) is 3.53. The molecule has 0 unspecified atom stereocenters. The first-order chi connectivity index (χ1) is 14.1. The molecule has 0 atom stereocenters. The number of Topliss-reactive ketones (excluding diaryl/α,β-unsaturated/α-hetero) is 1. The average molecular weight is 455 g/mol. The van der Waals surface area contributed by atoms with Crippen LogP contribution in [0.2, 0.25) is 0 Å². The number of aromatic amines is 1. The van der Waals surface area contributed by atoms with Crippen molar-refractivity contribution < 1.29 is 14.6 Å².